The van der Waals surface area contributed by atoms with Crippen molar-refractivity contribution in [1.82, 2.24) is 10.2 Å². The number of ether oxygens (including phenoxy) is 1. The summed E-state index contributed by atoms with van der Waals surface area (Å²) < 4.78 is 5.17. The van der Waals surface area contributed by atoms with E-state index in [1.807, 2.05) is 32.0 Å². The lowest BCUT2D eigenvalue weighted by Gasteiger charge is -2.10. The van der Waals surface area contributed by atoms with Gasteiger partial charge in [0.25, 0.3) is 0 Å². The van der Waals surface area contributed by atoms with Gasteiger partial charge in [-0.3, -0.25) is 0 Å². The van der Waals surface area contributed by atoms with Crippen LogP contribution >= 0.6 is 11.6 Å². The Morgan fingerprint density at radius 1 is 1.11 bits per heavy atom. The van der Waals surface area contributed by atoms with Gasteiger partial charge >= 0.3 is 0 Å². The zero-order valence-electron chi connectivity index (χ0n) is 10.5. The van der Waals surface area contributed by atoms with Crippen molar-refractivity contribution in [3.63, 3.8) is 0 Å². The molecule has 0 aliphatic carbocycles. The first kappa shape index (κ1) is 12.6. The summed E-state index contributed by atoms with van der Waals surface area (Å²) in [5.74, 6) is 1.09. The lowest BCUT2D eigenvalue weighted by molar-refractivity contribution is 0.415. The highest BCUT2D eigenvalue weighted by molar-refractivity contribution is 6.32. The molecule has 0 saturated heterocycles. The third-order valence-electron chi connectivity index (χ3n) is 2.80. The summed E-state index contributed by atoms with van der Waals surface area (Å²) in [7, 11) is 1.59. The summed E-state index contributed by atoms with van der Waals surface area (Å²) in [5.41, 5.74) is 9.26. The van der Waals surface area contributed by atoms with Crippen LogP contribution in [0.1, 0.15) is 11.1 Å². The van der Waals surface area contributed by atoms with Crippen LogP contribution in [0.15, 0.2) is 18.2 Å². The van der Waals surface area contributed by atoms with Gasteiger partial charge in [-0.2, -0.15) is 0 Å². The Bertz CT molecular complexity index is 599. The number of methoxy groups -OCH3 is 1. The number of halogens is 1. The van der Waals surface area contributed by atoms with Crippen LogP contribution in [-0.4, -0.2) is 17.3 Å². The number of aromatic nitrogens is 2. The predicted octanol–water partition coefficient (Wildman–Crippen LogP) is 3.00. The summed E-state index contributed by atoms with van der Waals surface area (Å²) in [6.45, 7) is 3.87. The van der Waals surface area contributed by atoms with Gasteiger partial charge in [0.1, 0.15) is 11.6 Å². The summed E-state index contributed by atoms with van der Waals surface area (Å²) in [6.07, 6.45) is 0. The summed E-state index contributed by atoms with van der Waals surface area (Å²) in [5, 5.41) is 8.56. The Morgan fingerprint density at radius 3 is 2.44 bits per heavy atom. The SMILES string of the molecule is COc1cc(C)c(-c2cc(C)c(N)nn2)cc1Cl. The van der Waals surface area contributed by atoms with Gasteiger partial charge in [0.2, 0.25) is 0 Å². The molecule has 2 rings (SSSR count). The van der Waals surface area contributed by atoms with Gasteiger partial charge in [0, 0.05) is 5.56 Å². The number of nitrogens with two attached hydrogens (primary N) is 1. The van der Waals surface area contributed by atoms with E-state index in [9.17, 15) is 0 Å². The highest BCUT2D eigenvalue weighted by Gasteiger charge is 2.10. The second kappa shape index (κ2) is 4.82. The van der Waals surface area contributed by atoms with Crippen LogP contribution in [-0.2, 0) is 0 Å². The highest BCUT2D eigenvalue weighted by atomic mass is 35.5. The molecule has 0 unspecified atom stereocenters. The summed E-state index contributed by atoms with van der Waals surface area (Å²) in [6, 6.07) is 5.61. The monoisotopic (exact) mass is 263 g/mol. The third-order valence-corrected chi connectivity index (χ3v) is 3.09. The van der Waals surface area contributed by atoms with Crippen molar-refractivity contribution in [2.24, 2.45) is 0 Å². The first-order valence-electron chi connectivity index (χ1n) is 5.47. The van der Waals surface area contributed by atoms with E-state index in [4.69, 9.17) is 22.1 Å². The molecular weight excluding hydrogens is 250 g/mol. The molecule has 0 atom stereocenters. The van der Waals surface area contributed by atoms with Crippen molar-refractivity contribution in [2.45, 2.75) is 13.8 Å². The average molecular weight is 264 g/mol. The Morgan fingerprint density at radius 2 is 1.83 bits per heavy atom. The molecule has 0 fully saturated rings. The normalized spacial score (nSPS) is 10.4. The topological polar surface area (TPSA) is 61.0 Å². The summed E-state index contributed by atoms with van der Waals surface area (Å²) in [4.78, 5) is 0. The molecule has 0 aliphatic rings. The van der Waals surface area contributed by atoms with Gasteiger partial charge in [0.15, 0.2) is 0 Å². The molecule has 1 aromatic carbocycles. The molecule has 18 heavy (non-hydrogen) atoms. The standard InChI is InChI=1S/C13H14ClN3O/c1-7-5-12(18-3)10(14)6-9(7)11-4-8(2)13(15)17-16-11/h4-6H,1-3H3,(H2,15,17). The van der Waals surface area contributed by atoms with E-state index in [2.05, 4.69) is 10.2 Å². The molecule has 0 bridgehead atoms. The molecule has 1 heterocycles. The molecule has 94 valence electrons. The van der Waals surface area contributed by atoms with Gasteiger partial charge in [-0.15, -0.1) is 10.2 Å². The first-order chi connectivity index (χ1) is 8.52. The average Bonchev–Trinajstić information content (AvgIpc) is 2.35. The van der Waals surface area contributed by atoms with Crippen molar-refractivity contribution in [3.05, 3.63) is 34.3 Å². The number of nitrogens with zero attached hydrogens (tertiary/aromatic N) is 2. The Hall–Kier alpha value is -1.81. The van der Waals surface area contributed by atoms with Crippen molar-refractivity contribution < 1.29 is 4.74 Å². The maximum absolute atomic E-state index is 6.12. The van der Waals surface area contributed by atoms with E-state index in [1.165, 1.54) is 0 Å². The number of anilines is 1. The second-order valence-electron chi connectivity index (χ2n) is 4.10. The molecule has 0 spiro atoms. The molecular formula is C13H14ClN3O. The Balaban J connectivity index is 2.57. The highest BCUT2D eigenvalue weighted by Crippen LogP contribution is 2.32. The van der Waals surface area contributed by atoms with Gasteiger partial charge in [0.05, 0.1) is 17.8 Å². The van der Waals surface area contributed by atoms with Crippen LogP contribution in [0.25, 0.3) is 11.3 Å². The van der Waals surface area contributed by atoms with E-state index >= 15 is 0 Å². The smallest absolute Gasteiger partial charge is 0.149 e. The van der Waals surface area contributed by atoms with E-state index in [1.54, 1.807) is 7.11 Å². The van der Waals surface area contributed by atoms with Gasteiger partial charge in [-0.25, -0.2) is 0 Å². The van der Waals surface area contributed by atoms with Crippen LogP contribution in [0.4, 0.5) is 5.82 Å². The largest absolute Gasteiger partial charge is 0.495 e. The molecule has 0 saturated carbocycles. The Labute approximate surface area is 111 Å². The number of rotatable bonds is 2. The molecule has 0 amide bonds. The molecule has 4 nitrogen and oxygen atoms in total. The molecule has 2 aromatic rings. The fourth-order valence-corrected chi connectivity index (χ4v) is 1.95. The van der Waals surface area contributed by atoms with Crippen LogP contribution < -0.4 is 10.5 Å². The van der Waals surface area contributed by atoms with Crippen LogP contribution in [0.5, 0.6) is 5.75 Å². The predicted molar refractivity (Wildman–Crippen MR) is 72.9 cm³/mol. The van der Waals surface area contributed by atoms with Crippen molar-refractivity contribution in [3.8, 4) is 17.0 Å². The molecule has 2 N–H and O–H groups in total. The van der Waals surface area contributed by atoms with Gasteiger partial charge < -0.3 is 10.5 Å². The maximum Gasteiger partial charge on any atom is 0.149 e. The van der Waals surface area contributed by atoms with Crippen molar-refractivity contribution in [2.75, 3.05) is 12.8 Å². The maximum atomic E-state index is 6.12. The van der Waals surface area contributed by atoms with Crippen LogP contribution in [0, 0.1) is 13.8 Å². The molecule has 0 aliphatic heterocycles. The lowest BCUT2D eigenvalue weighted by atomic mass is 10.0. The fraction of sp³-hybridized carbons (Fsp3) is 0.231. The molecule has 5 heteroatoms. The van der Waals surface area contributed by atoms with E-state index in [-0.39, 0.29) is 0 Å². The molecule has 1 aromatic heterocycles. The second-order valence-corrected chi connectivity index (χ2v) is 4.51. The number of hydrogen-bond acceptors (Lipinski definition) is 4. The van der Waals surface area contributed by atoms with E-state index < -0.39 is 0 Å². The zero-order chi connectivity index (χ0) is 13.3. The number of nitrogen functional groups attached to an aromatic ring is 1. The van der Waals surface area contributed by atoms with Gasteiger partial charge in [-0.05, 0) is 43.2 Å². The minimum atomic E-state index is 0.441. The Kier molecular flexibility index (Phi) is 3.39. The quantitative estimate of drug-likeness (QED) is 0.905. The van der Waals surface area contributed by atoms with Crippen molar-refractivity contribution >= 4 is 17.4 Å². The minimum Gasteiger partial charge on any atom is -0.495 e. The van der Waals surface area contributed by atoms with Crippen LogP contribution in [0.3, 0.4) is 0 Å². The number of benzene rings is 1. The first-order valence-corrected chi connectivity index (χ1v) is 5.85. The number of hydrogen-bond donors (Lipinski definition) is 1. The van der Waals surface area contributed by atoms with Crippen molar-refractivity contribution in [1.29, 1.82) is 0 Å². The van der Waals surface area contributed by atoms with E-state index in [0.717, 1.165) is 22.4 Å². The van der Waals surface area contributed by atoms with Gasteiger partial charge in [-0.1, -0.05) is 11.6 Å². The fourth-order valence-electron chi connectivity index (χ4n) is 1.71. The van der Waals surface area contributed by atoms with E-state index in [0.29, 0.717) is 16.6 Å². The third kappa shape index (κ3) is 2.24. The lowest BCUT2D eigenvalue weighted by Crippen LogP contribution is -1.99. The van der Waals surface area contributed by atoms with Crippen LogP contribution in [0.2, 0.25) is 5.02 Å². The summed E-state index contributed by atoms with van der Waals surface area (Å²) >= 11 is 6.12. The molecule has 0 radical (unpaired) electrons. The minimum absolute atomic E-state index is 0.441. The number of aryl methyl sites for hydroxylation is 2. The zero-order valence-corrected chi connectivity index (χ0v) is 11.2.